The van der Waals surface area contributed by atoms with E-state index in [0.29, 0.717) is 5.57 Å². The van der Waals surface area contributed by atoms with Gasteiger partial charge in [-0.2, -0.15) is 10.1 Å². The van der Waals surface area contributed by atoms with E-state index in [1.165, 1.54) is 17.9 Å². The molecular formula is C20H19N3O. The number of hydrogen-bond acceptors (Lipinski definition) is 3. The largest absolute Gasteiger partial charge is 0.377 e. The smallest absolute Gasteiger partial charge is 0.282 e. The summed E-state index contributed by atoms with van der Waals surface area (Å²) < 4.78 is 0. The normalized spacial score (nSPS) is 19.2. The molecule has 0 atom stereocenters. The second-order valence-electron chi connectivity index (χ2n) is 6.05. The fraction of sp³-hybridized carbons (Fsp3) is 0.200. The minimum atomic E-state index is -0.0630. The molecule has 4 nitrogen and oxygen atoms in total. The molecule has 2 heterocycles. The van der Waals surface area contributed by atoms with Gasteiger partial charge in [-0.3, -0.25) is 4.79 Å². The van der Waals surface area contributed by atoms with Gasteiger partial charge in [0.15, 0.2) is 0 Å². The molecule has 0 N–H and O–H groups in total. The van der Waals surface area contributed by atoms with E-state index in [9.17, 15) is 4.79 Å². The van der Waals surface area contributed by atoms with E-state index in [2.05, 4.69) is 10.0 Å². The Kier molecular flexibility index (Phi) is 3.87. The Hall–Kier alpha value is -2.88. The Morgan fingerprint density at radius 2 is 1.50 bits per heavy atom. The zero-order valence-corrected chi connectivity index (χ0v) is 13.4. The van der Waals surface area contributed by atoms with E-state index in [1.807, 2.05) is 66.9 Å². The Labute approximate surface area is 141 Å². The first-order chi connectivity index (χ1) is 11.8. The van der Waals surface area contributed by atoms with E-state index in [4.69, 9.17) is 0 Å². The number of carbonyl (C=O) groups excluding carboxylic acids is 1. The van der Waals surface area contributed by atoms with Crippen molar-refractivity contribution in [3.8, 4) is 0 Å². The summed E-state index contributed by atoms with van der Waals surface area (Å²) in [5.41, 5.74) is 3.18. The minimum Gasteiger partial charge on any atom is -0.377 e. The molecule has 4 heteroatoms. The van der Waals surface area contributed by atoms with Crippen LogP contribution in [0.15, 0.2) is 77.5 Å². The number of benzene rings is 2. The van der Waals surface area contributed by atoms with Gasteiger partial charge in [0.25, 0.3) is 5.91 Å². The molecule has 0 spiro atoms. The van der Waals surface area contributed by atoms with Crippen molar-refractivity contribution in [2.75, 3.05) is 18.1 Å². The molecule has 0 aliphatic carbocycles. The number of anilines is 1. The third-order valence-electron chi connectivity index (χ3n) is 4.38. The van der Waals surface area contributed by atoms with Gasteiger partial charge >= 0.3 is 0 Å². The first-order valence-electron chi connectivity index (χ1n) is 8.33. The lowest BCUT2D eigenvalue weighted by atomic mass is 10.0. The van der Waals surface area contributed by atoms with Crippen LogP contribution in [0.2, 0.25) is 0 Å². The quantitative estimate of drug-likeness (QED) is 0.813. The van der Waals surface area contributed by atoms with Gasteiger partial charge in [0, 0.05) is 24.9 Å². The highest BCUT2D eigenvalue weighted by Crippen LogP contribution is 2.27. The second-order valence-corrected chi connectivity index (χ2v) is 6.05. The van der Waals surface area contributed by atoms with Crippen LogP contribution in [0.3, 0.4) is 0 Å². The maximum Gasteiger partial charge on any atom is 0.282 e. The first-order valence-corrected chi connectivity index (χ1v) is 8.33. The van der Waals surface area contributed by atoms with Crippen LogP contribution in [0, 0.1) is 0 Å². The highest BCUT2D eigenvalue weighted by molar-refractivity contribution is 6.35. The predicted molar refractivity (Wildman–Crippen MR) is 95.8 cm³/mol. The SMILES string of the molecule is O=C1/C(=C\N2CCCC2)C(c2ccccc2)=NN1c1ccccc1. The summed E-state index contributed by atoms with van der Waals surface area (Å²) in [7, 11) is 0. The van der Waals surface area contributed by atoms with Crippen molar-refractivity contribution in [3.63, 3.8) is 0 Å². The zero-order chi connectivity index (χ0) is 16.4. The fourth-order valence-corrected chi connectivity index (χ4v) is 3.14. The second kappa shape index (κ2) is 6.32. The average molecular weight is 317 g/mol. The monoisotopic (exact) mass is 317 g/mol. The summed E-state index contributed by atoms with van der Waals surface area (Å²) in [5.74, 6) is -0.0630. The van der Waals surface area contributed by atoms with E-state index in [1.54, 1.807) is 0 Å². The maximum absolute atomic E-state index is 13.0. The van der Waals surface area contributed by atoms with Crippen molar-refractivity contribution in [1.82, 2.24) is 4.90 Å². The summed E-state index contributed by atoms with van der Waals surface area (Å²) in [5, 5.41) is 6.14. The molecule has 2 aromatic rings. The van der Waals surface area contributed by atoms with Crippen LogP contribution < -0.4 is 5.01 Å². The van der Waals surface area contributed by atoms with E-state index >= 15 is 0 Å². The lowest BCUT2D eigenvalue weighted by Crippen LogP contribution is -2.23. The van der Waals surface area contributed by atoms with Crippen LogP contribution in [-0.2, 0) is 4.79 Å². The average Bonchev–Trinajstić information content (AvgIpc) is 3.26. The fourth-order valence-electron chi connectivity index (χ4n) is 3.14. The third-order valence-corrected chi connectivity index (χ3v) is 4.38. The molecule has 1 amide bonds. The molecule has 1 saturated heterocycles. The molecule has 0 bridgehead atoms. The number of likely N-dealkylation sites (tertiary alicyclic amines) is 1. The standard InChI is InChI=1S/C20H19N3O/c24-20-18(15-22-13-7-8-14-22)19(16-9-3-1-4-10-16)21-23(20)17-11-5-2-6-12-17/h1-6,9-12,15H,7-8,13-14H2/b18-15-. The highest BCUT2D eigenvalue weighted by Gasteiger charge is 2.32. The van der Waals surface area contributed by atoms with Gasteiger partial charge in [-0.05, 0) is 25.0 Å². The van der Waals surface area contributed by atoms with Crippen molar-refractivity contribution >= 4 is 17.3 Å². The molecule has 120 valence electrons. The number of carbonyl (C=O) groups is 1. The zero-order valence-electron chi connectivity index (χ0n) is 13.4. The molecule has 2 aromatic carbocycles. The maximum atomic E-state index is 13.0. The summed E-state index contributed by atoms with van der Waals surface area (Å²) in [6, 6.07) is 19.5. The van der Waals surface area contributed by atoms with Gasteiger partial charge in [-0.25, -0.2) is 0 Å². The summed E-state index contributed by atoms with van der Waals surface area (Å²) in [4.78, 5) is 15.2. The van der Waals surface area contributed by atoms with Crippen LogP contribution in [-0.4, -0.2) is 29.6 Å². The summed E-state index contributed by atoms with van der Waals surface area (Å²) in [6.07, 6.45) is 4.35. The third kappa shape index (κ3) is 2.71. The van der Waals surface area contributed by atoms with Crippen molar-refractivity contribution in [1.29, 1.82) is 0 Å². The lowest BCUT2D eigenvalue weighted by Gasteiger charge is -2.14. The topological polar surface area (TPSA) is 35.9 Å². The molecule has 0 unspecified atom stereocenters. The number of hydrogen-bond donors (Lipinski definition) is 0. The number of hydrazone groups is 1. The first kappa shape index (κ1) is 14.7. The van der Waals surface area contributed by atoms with Crippen molar-refractivity contribution in [2.24, 2.45) is 5.10 Å². The van der Waals surface area contributed by atoms with Crippen molar-refractivity contribution in [2.45, 2.75) is 12.8 Å². The van der Waals surface area contributed by atoms with E-state index < -0.39 is 0 Å². The number of rotatable bonds is 3. The van der Waals surface area contributed by atoms with Crippen LogP contribution in [0.1, 0.15) is 18.4 Å². The van der Waals surface area contributed by atoms with E-state index in [-0.39, 0.29) is 5.91 Å². The van der Waals surface area contributed by atoms with Gasteiger partial charge in [0.1, 0.15) is 5.71 Å². The molecule has 2 aliphatic rings. The molecule has 4 rings (SSSR count). The van der Waals surface area contributed by atoms with Crippen LogP contribution >= 0.6 is 0 Å². The number of para-hydroxylation sites is 1. The highest BCUT2D eigenvalue weighted by atomic mass is 16.2. The number of amides is 1. The van der Waals surface area contributed by atoms with Gasteiger partial charge in [0.05, 0.1) is 11.3 Å². The number of nitrogens with zero attached hydrogens (tertiary/aromatic N) is 3. The van der Waals surface area contributed by atoms with Gasteiger partial charge < -0.3 is 4.90 Å². The Balaban J connectivity index is 1.77. The van der Waals surface area contributed by atoms with Gasteiger partial charge in [0.2, 0.25) is 0 Å². The van der Waals surface area contributed by atoms with Crippen LogP contribution in [0.25, 0.3) is 0 Å². The Morgan fingerprint density at radius 1 is 0.875 bits per heavy atom. The minimum absolute atomic E-state index is 0.0630. The lowest BCUT2D eigenvalue weighted by molar-refractivity contribution is -0.114. The molecule has 0 radical (unpaired) electrons. The molecule has 24 heavy (non-hydrogen) atoms. The van der Waals surface area contributed by atoms with Crippen LogP contribution in [0.4, 0.5) is 5.69 Å². The predicted octanol–water partition coefficient (Wildman–Crippen LogP) is 3.42. The molecule has 0 aromatic heterocycles. The van der Waals surface area contributed by atoms with E-state index in [0.717, 1.165) is 30.1 Å². The molecular weight excluding hydrogens is 298 g/mol. The van der Waals surface area contributed by atoms with Gasteiger partial charge in [-0.1, -0.05) is 48.5 Å². The van der Waals surface area contributed by atoms with Gasteiger partial charge in [-0.15, -0.1) is 0 Å². The van der Waals surface area contributed by atoms with Crippen LogP contribution in [0.5, 0.6) is 0 Å². The van der Waals surface area contributed by atoms with Crippen molar-refractivity contribution < 1.29 is 4.79 Å². The Bertz CT molecular complexity index is 790. The molecule has 1 fully saturated rings. The molecule has 0 saturated carbocycles. The molecule has 2 aliphatic heterocycles. The summed E-state index contributed by atoms with van der Waals surface area (Å²) >= 11 is 0. The Morgan fingerprint density at radius 3 is 2.17 bits per heavy atom. The van der Waals surface area contributed by atoms with Crippen molar-refractivity contribution in [3.05, 3.63) is 78.0 Å². The summed E-state index contributed by atoms with van der Waals surface area (Å²) in [6.45, 7) is 2.01.